The third-order valence-corrected chi connectivity index (χ3v) is 4.89. The number of hydrogen-bond acceptors (Lipinski definition) is 5. The van der Waals surface area contributed by atoms with Crippen molar-refractivity contribution in [1.29, 1.82) is 0 Å². The number of β-amino-alcohol motifs (C(OH)–C–C–N with tert-alkyl or cyclic N) is 1. The fraction of sp³-hybridized carbons (Fsp3) is 0.588. The maximum Gasteiger partial charge on any atom is 0.387 e. The molecule has 6 nitrogen and oxygen atoms in total. The van der Waals surface area contributed by atoms with Crippen molar-refractivity contribution < 1.29 is 28.5 Å². The van der Waals surface area contributed by atoms with E-state index in [0.29, 0.717) is 19.5 Å². The van der Waals surface area contributed by atoms with E-state index in [-0.39, 0.29) is 30.3 Å². The van der Waals surface area contributed by atoms with Crippen LogP contribution in [0.25, 0.3) is 0 Å². The molecule has 0 unspecified atom stereocenters. The summed E-state index contributed by atoms with van der Waals surface area (Å²) in [6.07, 6.45) is 0.418. The number of carbonyl (C=O) groups excluding carboxylic acids is 1. The van der Waals surface area contributed by atoms with Crippen LogP contribution in [0.15, 0.2) is 24.3 Å². The van der Waals surface area contributed by atoms with E-state index < -0.39 is 12.7 Å². The quantitative estimate of drug-likeness (QED) is 0.757. The molecule has 2 aliphatic heterocycles. The van der Waals surface area contributed by atoms with E-state index in [9.17, 15) is 18.7 Å². The van der Waals surface area contributed by atoms with Crippen LogP contribution < -0.4 is 4.74 Å². The van der Waals surface area contributed by atoms with E-state index in [4.69, 9.17) is 5.11 Å². The van der Waals surface area contributed by atoms with Crippen LogP contribution >= 0.6 is 0 Å². The first-order chi connectivity index (χ1) is 12.0. The van der Waals surface area contributed by atoms with Gasteiger partial charge in [0, 0.05) is 38.1 Å². The van der Waals surface area contributed by atoms with Gasteiger partial charge in [-0.3, -0.25) is 9.69 Å². The van der Waals surface area contributed by atoms with Crippen LogP contribution in [0.3, 0.4) is 0 Å². The summed E-state index contributed by atoms with van der Waals surface area (Å²) in [6.45, 7) is -1.59. The molecular weight excluding hydrogens is 334 g/mol. The Morgan fingerprint density at radius 1 is 1.24 bits per heavy atom. The van der Waals surface area contributed by atoms with Gasteiger partial charge in [-0.25, -0.2) is 0 Å². The summed E-state index contributed by atoms with van der Waals surface area (Å²) in [5.74, 6) is 0.139. The van der Waals surface area contributed by atoms with Gasteiger partial charge in [-0.05, 0) is 24.1 Å². The zero-order valence-corrected chi connectivity index (χ0v) is 13.7. The Labute approximate surface area is 144 Å². The highest BCUT2D eigenvalue weighted by Gasteiger charge is 2.46. The minimum Gasteiger partial charge on any atom is -0.435 e. The van der Waals surface area contributed by atoms with Gasteiger partial charge < -0.3 is 19.8 Å². The lowest BCUT2D eigenvalue weighted by Gasteiger charge is -2.26. The number of aliphatic hydroxyl groups excluding tert-OH is 2. The fourth-order valence-electron chi connectivity index (χ4n) is 3.74. The monoisotopic (exact) mass is 356 g/mol. The van der Waals surface area contributed by atoms with Crippen LogP contribution in [0.2, 0.25) is 0 Å². The molecule has 0 aliphatic carbocycles. The van der Waals surface area contributed by atoms with Gasteiger partial charge in [-0.1, -0.05) is 12.1 Å². The van der Waals surface area contributed by atoms with E-state index in [2.05, 4.69) is 9.64 Å². The topological polar surface area (TPSA) is 73.2 Å². The minimum atomic E-state index is -2.86. The second-order valence-corrected chi connectivity index (χ2v) is 6.50. The number of hydrogen-bond donors (Lipinski definition) is 2. The summed E-state index contributed by atoms with van der Waals surface area (Å²) >= 11 is 0. The van der Waals surface area contributed by atoms with E-state index in [1.807, 2.05) is 4.90 Å². The van der Waals surface area contributed by atoms with E-state index in [0.717, 1.165) is 18.5 Å². The number of carbonyl (C=O) groups is 1. The lowest BCUT2D eigenvalue weighted by molar-refractivity contribution is -0.129. The van der Waals surface area contributed by atoms with Gasteiger partial charge in [0.2, 0.25) is 5.91 Å². The van der Waals surface area contributed by atoms with Crippen molar-refractivity contribution in [3.05, 3.63) is 29.8 Å². The van der Waals surface area contributed by atoms with Crippen molar-refractivity contribution in [3.63, 3.8) is 0 Å². The van der Waals surface area contributed by atoms with Gasteiger partial charge in [0.25, 0.3) is 0 Å². The maximum absolute atomic E-state index is 12.4. The van der Waals surface area contributed by atoms with E-state index in [1.54, 1.807) is 12.1 Å². The Balaban J connectivity index is 1.62. The van der Waals surface area contributed by atoms with Gasteiger partial charge in [-0.2, -0.15) is 8.78 Å². The molecular formula is C17H22F2N2O4. The Morgan fingerprint density at radius 2 is 1.96 bits per heavy atom. The number of likely N-dealkylation sites (tertiary alicyclic amines) is 2. The van der Waals surface area contributed by atoms with Gasteiger partial charge in [0.05, 0.1) is 12.7 Å². The number of alkyl halides is 2. The Hall–Kier alpha value is -1.77. The lowest BCUT2D eigenvalue weighted by atomic mass is 10.1. The zero-order chi connectivity index (χ0) is 18.0. The van der Waals surface area contributed by atoms with Gasteiger partial charge >= 0.3 is 6.61 Å². The van der Waals surface area contributed by atoms with Crippen molar-refractivity contribution in [2.75, 3.05) is 19.7 Å². The number of halogens is 2. The van der Waals surface area contributed by atoms with Gasteiger partial charge in [0.15, 0.2) is 0 Å². The largest absolute Gasteiger partial charge is 0.435 e. The number of nitrogens with zero attached hydrogens (tertiary/aromatic N) is 2. The molecule has 8 heteroatoms. The predicted octanol–water partition coefficient (Wildman–Crippen LogP) is 0.816. The summed E-state index contributed by atoms with van der Waals surface area (Å²) in [5.41, 5.74) is 0.851. The molecule has 0 saturated carbocycles. The molecule has 1 aromatic carbocycles. The summed E-state index contributed by atoms with van der Waals surface area (Å²) in [4.78, 5) is 16.2. The molecule has 2 aliphatic rings. The van der Waals surface area contributed by atoms with E-state index in [1.165, 1.54) is 12.1 Å². The number of rotatable bonds is 7. The highest BCUT2D eigenvalue weighted by atomic mass is 19.3. The second-order valence-electron chi connectivity index (χ2n) is 6.50. The molecule has 0 spiro atoms. The molecule has 1 amide bonds. The van der Waals surface area contributed by atoms with E-state index >= 15 is 0 Å². The van der Waals surface area contributed by atoms with Crippen molar-refractivity contribution >= 4 is 5.91 Å². The highest BCUT2D eigenvalue weighted by Crippen LogP contribution is 2.33. The number of ether oxygens (including phenoxy) is 1. The summed E-state index contributed by atoms with van der Waals surface area (Å²) < 4.78 is 28.7. The molecule has 0 radical (unpaired) electrons. The number of fused-ring (bicyclic) bond motifs is 1. The Bertz CT molecular complexity index is 599. The third kappa shape index (κ3) is 4.08. The van der Waals surface area contributed by atoms with Gasteiger partial charge in [0.1, 0.15) is 5.75 Å². The summed E-state index contributed by atoms with van der Waals surface area (Å²) in [7, 11) is 0. The SMILES string of the molecule is O=C1C[C@H]2[C@H](CCN2C[C@@H](O)CO)N1Cc1ccc(OC(F)F)cc1. The maximum atomic E-state index is 12.4. The number of aliphatic hydroxyl groups is 2. The second kappa shape index (κ2) is 7.63. The smallest absolute Gasteiger partial charge is 0.387 e. The first-order valence-electron chi connectivity index (χ1n) is 8.34. The average Bonchev–Trinajstić information content (AvgIpc) is 3.09. The van der Waals surface area contributed by atoms with Crippen LogP contribution in [0, 0.1) is 0 Å². The average molecular weight is 356 g/mol. The molecule has 1 aromatic rings. The molecule has 2 saturated heterocycles. The Morgan fingerprint density at radius 3 is 2.60 bits per heavy atom. The first-order valence-corrected chi connectivity index (χ1v) is 8.34. The molecule has 2 heterocycles. The molecule has 138 valence electrons. The van der Waals surface area contributed by atoms with Crippen molar-refractivity contribution in [2.45, 2.75) is 44.2 Å². The predicted molar refractivity (Wildman–Crippen MR) is 85.1 cm³/mol. The first kappa shape index (κ1) is 18.0. The molecule has 3 rings (SSSR count). The Kier molecular flexibility index (Phi) is 5.51. The zero-order valence-electron chi connectivity index (χ0n) is 13.7. The molecule has 2 fully saturated rings. The molecule has 0 bridgehead atoms. The summed E-state index contributed by atoms with van der Waals surface area (Å²) in [5, 5.41) is 18.6. The van der Waals surface area contributed by atoms with Crippen LogP contribution in [0.1, 0.15) is 18.4 Å². The molecule has 2 N–H and O–H groups in total. The molecule has 3 atom stereocenters. The minimum absolute atomic E-state index is 0.0473. The van der Waals surface area contributed by atoms with Crippen molar-refractivity contribution in [3.8, 4) is 5.75 Å². The number of benzene rings is 1. The molecule has 0 aromatic heterocycles. The highest BCUT2D eigenvalue weighted by molar-refractivity contribution is 5.80. The van der Waals surface area contributed by atoms with Crippen molar-refractivity contribution in [1.82, 2.24) is 9.80 Å². The van der Waals surface area contributed by atoms with Crippen LogP contribution in [-0.2, 0) is 11.3 Å². The summed E-state index contributed by atoms with van der Waals surface area (Å²) in [6, 6.07) is 6.43. The normalized spacial score (nSPS) is 24.8. The van der Waals surface area contributed by atoms with Crippen molar-refractivity contribution in [2.24, 2.45) is 0 Å². The fourth-order valence-corrected chi connectivity index (χ4v) is 3.74. The standard InChI is InChI=1S/C17H22F2N2O4/c18-17(19)25-13-3-1-11(2-4-13)8-21-14-5-6-20(9-12(23)10-22)15(14)7-16(21)24/h1-4,12,14-15,17,22-23H,5-10H2/t12-,14+,15+/m1/s1. The van der Waals surface area contributed by atoms with Crippen LogP contribution in [0.4, 0.5) is 8.78 Å². The third-order valence-electron chi connectivity index (χ3n) is 4.89. The molecule has 25 heavy (non-hydrogen) atoms. The van der Waals surface area contributed by atoms with Crippen LogP contribution in [-0.4, -0.2) is 70.4 Å². The van der Waals surface area contributed by atoms with Gasteiger partial charge in [-0.15, -0.1) is 0 Å². The number of amides is 1. The van der Waals surface area contributed by atoms with Crippen LogP contribution in [0.5, 0.6) is 5.75 Å². The lowest BCUT2D eigenvalue weighted by Crippen LogP contribution is -2.40.